The number of fused-ring (bicyclic) bond motifs is 1. The zero-order chi connectivity index (χ0) is 21.3. The topological polar surface area (TPSA) is 76.6 Å². The van der Waals surface area contributed by atoms with Gasteiger partial charge in [0.1, 0.15) is 5.60 Å². The molecule has 7 nitrogen and oxygen atoms in total. The number of amides is 1. The first-order valence-corrected chi connectivity index (χ1v) is 10.4. The maximum atomic E-state index is 12.5. The van der Waals surface area contributed by atoms with Gasteiger partial charge in [0.15, 0.2) is 5.82 Å². The Balaban J connectivity index is 1.55. The van der Waals surface area contributed by atoms with Gasteiger partial charge in [0.2, 0.25) is 0 Å². The number of benzene rings is 2. The summed E-state index contributed by atoms with van der Waals surface area (Å²) in [5.74, 6) is 0.935. The Labute approximate surface area is 177 Å². The minimum Gasteiger partial charge on any atom is -0.443 e. The molecule has 3 aromatic rings. The van der Waals surface area contributed by atoms with Crippen molar-refractivity contribution in [3.05, 3.63) is 48.5 Å². The van der Waals surface area contributed by atoms with Crippen molar-refractivity contribution in [1.29, 1.82) is 0 Å². The molecule has 158 valence electrons. The van der Waals surface area contributed by atoms with E-state index in [9.17, 15) is 4.79 Å². The molecule has 0 unspecified atom stereocenters. The fraction of sp³-hybridized carbons (Fsp3) is 0.391. The van der Waals surface area contributed by atoms with Crippen molar-refractivity contribution in [2.45, 2.75) is 32.8 Å². The molecule has 1 aliphatic rings. The summed E-state index contributed by atoms with van der Waals surface area (Å²) in [6, 6.07) is 15.9. The van der Waals surface area contributed by atoms with Crippen LogP contribution in [-0.2, 0) is 4.74 Å². The number of piperazine rings is 1. The lowest BCUT2D eigenvalue weighted by Gasteiger charge is -2.36. The van der Waals surface area contributed by atoms with Crippen molar-refractivity contribution >= 4 is 28.5 Å². The molecule has 0 bridgehead atoms. The summed E-state index contributed by atoms with van der Waals surface area (Å²) in [6.45, 7) is 8.56. The molecule has 0 spiro atoms. The summed E-state index contributed by atoms with van der Waals surface area (Å²) >= 11 is 0. The number of hydrogen-bond donors (Lipinski definition) is 1. The molecule has 1 saturated heterocycles. The number of carbonyl (C=O) groups is 1. The molecule has 0 atom stereocenters. The van der Waals surface area contributed by atoms with Crippen molar-refractivity contribution < 1.29 is 9.53 Å². The SMILES string of the molecule is CCC(C)(C)OC(=O)N1CCN(c2nn(-c3ccc(N)cc3)c3ccccc23)CC1. The first kappa shape index (κ1) is 20.1. The Morgan fingerprint density at radius 3 is 2.40 bits per heavy atom. The van der Waals surface area contributed by atoms with E-state index in [1.165, 1.54) is 0 Å². The summed E-state index contributed by atoms with van der Waals surface area (Å²) in [7, 11) is 0. The molecule has 0 aliphatic carbocycles. The van der Waals surface area contributed by atoms with Gasteiger partial charge in [-0.1, -0.05) is 19.1 Å². The highest BCUT2D eigenvalue weighted by molar-refractivity contribution is 5.92. The van der Waals surface area contributed by atoms with Gasteiger partial charge in [-0.05, 0) is 56.7 Å². The number of ether oxygens (including phenoxy) is 1. The Kier molecular flexibility index (Phi) is 5.28. The average Bonchev–Trinajstić information content (AvgIpc) is 3.14. The van der Waals surface area contributed by atoms with Crippen LogP contribution in [0.15, 0.2) is 48.5 Å². The van der Waals surface area contributed by atoms with E-state index in [1.54, 1.807) is 4.90 Å². The van der Waals surface area contributed by atoms with Crippen molar-refractivity contribution in [2.24, 2.45) is 0 Å². The third kappa shape index (κ3) is 3.92. The summed E-state index contributed by atoms with van der Waals surface area (Å²) < 4.78 is 7.60. The van der Waals surface area contributed by atoms with Crippen LogP contribution in [0.5, 0.6) is 0 Å². The van der Waals surface area contributed by atoms with Gasteiger partial charge in [0.05, 0.1) is 11.2 Å². The number of nitrogen functional groups attached to an aromatic ring is 1. The minimum absolute atomic E-state index is 0.237. The zero-order valence-electron chi connectivity index (χ0n) is 17.8. The summed E-state index contributed by atoms with van der Waals surface area (Å²) in [6.07, 6.45) is 0.548. The van der Waals surface area contributed by atoms with Crippen molar-refractivity contribution in [3.63, 3.8) is 0 Å². The van der Waals surface area contributed by atoms with Crippen molar-refractivity contribution in [3.8, 4) is 5.69 Å². The van der Waals surface area contributed by atoms with E-state index in [-0.39, 0.29) is 6.09 Å². The molecule has 1 fully saturated rings. The maximum absolute atomic E-state index is 12.5. The number of nitrogens with two attached hydrogens (primary N) is 1. The Hall–Kier alpha value is -3.22. The lowest BCUT2D eigenvalue weighted by atomic mass is 10.1. The maximum Gasteiger partial charge on any atom is 0.410 e. The van der Waals surface area contributed by atoms with Gasteiger partial charge in [-0.3, -0.25) is 0 Å². The molecular weight excluding hydrogens is 378 g/mol. The van der Waals surface area contributed by atoms with Crippen LogP contribution in [0.2, 0.25) is 0 Å². The van der Waals surface area contributed by atoms with Crippen LogP contribution in [0, 0.1) is 0 Å². The number of hydrogen-bond acceptors (Lipinski definition) is 5. The largest absolute Gasteiger partial charge is 0.443 e. The molecule has 0 saturated carbocycles. The molecule has 2 N–H and O–H groups in total. The van der Waals surface area contributed by atoms with Crippen LogP contribution in [0.1, 0.15) is 27.2 Å². The van der Waals surface area contributed by atoms with Crippen molar-refractivity contribution in [2.75, 3.05) is 36.8 Å². The van der Waals surface area contributed by atoms with E-state index in [2.05, 4.69) is 17.0 Å². The molecule has 1 aliphatic heterocycles. The molecule has 30 heavy (non-hydrogen) atoms. The highest BCUT2D eigenvalue weighted by atomic mass is 16.6. The second kappa shape index (κ2) is 7.89. The molecule has 0 radical (unpaired) electrons. The third-order valence-corrected chi connectivity index (χ3v) is 5.76. The quantitative estimate of drug-likeness (QED) is 0.660. The van der Waals surface area contributed by atoms with Crippen LogP contribution < -0.4 is 10.6 Å². The molecule has 1 amide bonds. The zero-order valence-corrected chi connectivity index (χ0v) is 17.8. The smallest absolute Gasteiger partial charge is 0.410 e. The fourth-order valence-electron chi connectivity index (χ4n) is 3.57. The Bertz CT molecular complexity index is 1030. The van der Waals surface area contributed by atoms with Gasteiger partial charge < -0.3 is 20.3 Å². The second-order valence-electron chi connectivity index (χ2n) is 8.30. The monoisotopic (exact) mass is 407 g/mol. The van der Waals surface area contributed by atoms with Gasteiger partial charge in [0, 0.05) is 37.3 Å². The third-order valence-electron chi connectivity index (χ3n) is 5.76. The molecular formula is C23H29N5O2. The van der Waals surface area contributed by atoms with Gasteiger partial charge in [0.25, 0.3) is 0 Å². The number of aromatic nitrogens is 2. The predicted molar refractivity (Wildman–Crippen MR) is 120 cm³/mol. The minimum atomic E-state index is -0.442. The Morgan fingerprint density at radius 1 is 1.07 bits per heavy atom. The van der Waals surface area contributed by atoms with Crippen LogP contribution in [0.3, 0.4) is 0 Å². The van der Waals surface area contributed by atoms with E-state index in [1.807, 2.05) is 61.9 Å². The first-order valence-electron chi connectivity index (χ1n) is 10.4. The second-order valence-corrected chi connectivity index (χ2v) is 8.30. The molecule has 2 aromatic carbocycles. The van der Waals surface area contributed by atoms with Gasteiger partial charge in [-0.15, -0.1) is 5.10 Å². The van der Waals surface area contributed by atoms with E-state index >= 15 is 0 Å². The van der Waals surface area contributed by atoms with E-state index in [0.29, 0.717) is 26.2 Å². The molecule has 2 heterocycles. The summed E-state index contributed by atoms with van der Waals surface area (Å²) in [5.41, 5.74) is 8.14. The normalized spacial score (nSPS) is 14.9. The standard InChI is InChI=1S/C23H29N5O2/c1-4-23(2,3)30-22(29)27-15-13-26(14-16-27)21-19-7-5-6-8-20(19)28(25-21)18-11-9-17(24)10-12-18/h5-12H,4,13-16,24H2,1-3H3. The number of nitrogens with zero attached hydrogens (tertiary/aromatic N) is 4. The molecule has 1 aromatic heterocycles. The lowest BCUT2D eigenvalue weighted by molar-refractivity contribution is 0.0106. The van der Waals surface area contributed by atoms with Gasteiger partial charge >= 0.3 is 6.09 Å². The molecule has 7 heteroatoms. The number of carbonyl (C=O) groups excluding carboxylic acids is 1. The van der Waals surface area contributed by atoms with Crippen molar-refractivity contribution in [1.82, 2.24) is 14.7 Å². The van der Waals surface area contributed by atoms with Gasteiger partial charge in [-0.2, -0.15) is 0 Å². The average molecular weight is 408 g/mol. The van der Waals surface area contributed by atoms with Crippen LogP contribution in [0.25, 0.3) is 16.6 Å². The van der Waals surface area contributed by atoms with Crippen LogP contribution >= 0.6 is 0 Å². The first-order chi connectivity index (χ1) is 14.4. The summed E-state index contributed by atoms with van der Waals surface area (Å²) in [5, 5.41) is 6.02. The Morgan fingerprint density at radius 2 is 1.73 bits per heavy atom. The highest BCUT2D eigenvalue weighted by Gasteiger charge is 2.29. The van der Waals surface area contributed by atoms with Gasteiger partial charge in [-0.25, -0.2) is 9.48 Å². The number of anilines is 2. The van der Waals surface area contributed by atoms with Crippen LogP contribution in [0.4, 0.5) is 16.3 Å². The van der Waals surface area contributed by atoms with Crippen LogP contribution in [-0.4, -0.2) is 52.6 Å². The molecule has 4 rings (SSSR count). The summed E-state index contributed by atoms with van der Waals surface area (Å²) in [4.78, 5) is 16.5. The lowest BCUT2D eigenvalue weighted by Crippen LogP contribution is -2.50. The number of para-hydroxylation sites is 1. The highest BCUT2D eigenvalue weighted by Crippen LogP contribution is 2.29. The van der Waals surface area contributed by atoms with E-state index in [4.69, 9.17) is 15.6 Å². The predicted octanol–water partition coefficient (Wildman–Crippen LogP) is 4.05. The van der Waals surface area contributed by atoms with E-state index in [0.717, 1.165) is 34.5 Å². The number of rotatable bonds is 4. The fourth-order valence-corrected chi connectivity index (χ4v) is 3.57. The van der Waals surface area contributed by atoms with E-state index < -0.39 is 5.60 Å².